The average Bonchev–Trinajstić information content (AvgIpc) is 2.81. The maximum absolute atomic E-state index is 13.1. The fourth-order valence-electron chi connectivity index (χ4n) is 3.38. The molecule has 1 aromatic heterocycles. The molecule has 0 N–H and O–H groups in total. The molecular formula is C27H24N2O2. The third-order valence-corrected chi connectivity index (χ3v) is 5.09. The molecule has 0 radical (unpaired) electrons. The molecule has 0 atom stereocenters. The molecule has 0 spiro atoms. The van der Waals surface area contributed by atoms with Crippen LogP contribution in [0.5, 0.6) is 11.6 Å². The van der Waals surface area contributed by atoms with Gasteiger partial charge in [-0.25, -0.2) is 4.98 Å². The van der Waals surface area contributed by atoms with Crippen LogP contribution in [0.1, 0.15) is 23.6 Å². The minimum absolute atomic E-state index is 0.179. The van der Waals surface area contributed by atoms with Gasteiger partial charge >= 0.3 is 0 Å². The van der Waals surface area contributed by atoms with Crippen LogP contribution in [0, 0.1) is 0 Å². The summed E-state index contributed by atoms with van der Waals surface area (Å²) in [6, 6.07) is 27.4. The Morgan fingerprint density at radius 3 is 2.06 bits per heavy atom. The van der Waals surface area contributed by atoms with E-state index >= 15 is 0 Å². The molecule has 0 aliphatic rings. The van der Waals surface area contributed by atoms with E-state index in [2.05, 4.69) is 11.9 Å². The third kappa shape index (κ3) is 4.64. The molecule has 0 unspecified atom stereocenters. The molecule has 1 heterocycles. The van der Waals surface area contributed by atoms with Crippen LogP contribution < -0.4 is 21.0 Å². The first-order valence-corrected chi connectivity index (χ1v) is 10.3. The molecule has 154 valence electrons. The summed E-state index contributed by atoms with van der Waals surface area (Å²) >= 11 is 0. The second-order valence-corrected chi connectivity index (χ2v) is 7.22. The Bertz CT molecular complexity index is 1360. The van der Waals surface area contributed by atoms with Gasteiger partial charge in [-0.2, -0.15) is 0 Å². The Hall–Kier alpha value is -3.92. The van der Waals surface area contributed by atoms with E-state index in [-0.39, 0.29) is 5.56 Å². The standard InChI is InChI=1S/C27H24N2O2/c1-3-22-16-10-11-17-25(22)31-26-24(19-21-14-8-5-9-15-21)29(2)27(30)23(28-26)18-20-12-6-4-7-13-20/h4-19H,3H2,1-2H3/b23-18-,24-19-. The summed E-state index contributed by atoms with van der Waals surface area (Å²) in [5, 5.41) is 0.954. The van der Waals surface area contributed by atoms with Crippen molar-refractivity contribution in [1.82, 2.24) is 9.55 Å². The van der Waals surface area contributed by atoms with Crippen LogP contribution in [0.25, 0.3) is 12.2 Å². The number of hydrogen-bond donors (Lipinski definition) is 0. The monoisotopic (exact) mass is 408 g/mol. The molecule has 4 aromatic rings. The van der Waals surface area contributed by atoms with Gasteiger partial charge in [-0.05, 0) is 41.3 Å². The lowest BCUT2D eigenvalue weighted by Crippen LogP contribution is -2.44. The number of para-hydroxylation sites is 1. The maximum Gasteiger partial charge on any atom is 0.276 e. The predicted molar refractivity (Wildman–Crippen MR) is 125 cm³/mol. The van der Waals surface area contributed by atoms with Crippen molar-refractivity contribution < 1.29 is 4.74 Å². The molecule has 0 fully saturated rings. The van der Waals surface area contributed by atoms with Gasteiger partial charge in [-0.1, -0.05) is 85.8 Å². The van der Waals surface area contributed by atoms with Crippen LogP contribution in [0.15, 0.2) is 89.7 Å². The highest BCUT2D eigenvalue weighted by Gasteiger charge is 2.10. The van der Waals surface area contributed by atoms with Gasteiger partial charge in [0.25, 0.3) is 5.56 Å². The largest absolute Gasteiger partial charge is 0.437 e. The molecule has 0 amide bonds. The van der Waals surface area contributed by atoms with E-state index in [1.807, 2.05) is 91.0 Å². The summed E-state index contributed by atoms with van der Waals surface area (Å²) in [6.45, 7) is 2.09. The first-order valence-electron chi connectivity index (χ1n) is 10.3. The van der Waals surface area contributed by atoms with E-state index < -0.39 is 0 Å². The second-order valence-electron chi connectivity index (χ2n) is 7.22. The van der Waals surface area contributed by atoms with Gasteiger partial charge in [0.05, 0.1) is 0 Å². The molecule has 31 heavy (non-hydrogen) atoms. The lowest BCUT2D eigenvalue weighted by atomic mass is 10.1. The zero-order chi connectivity index (χ0) is 21.6. The molecule has 0 aliphatic heterocycles. The number of aromatic nitrogens is 2. The molecule has 0 aliphatic carbocycles. The number of rotatable bonds is 5. The lowest BCUT2D eigenvalue weighted by molar-refractivity contribution is 0.441. The molecule has 0 bridgehead atoms. The van der Waals surface area contributed by atoms with Gasteiger partial charge in [0.2, 0.25) is 5.88 Å². The van der Waals surface area contributed by atoms with Crippen LogP contribution in [0.3, 0.4) is 0 Å². The summed E-state index contributed by atoms with van der Waals surface area (Å²) < 4.78 is 7.89. The van der Waals surface area contributed by atoms with Crippen LogP contribution in [0.4, 0.5) is 0 Å². The number of aryl methyl sites for hydroxylation is 1. The average molecular weight is 409 g/mol. The number of benzene rings is 3. The topological polar surface area (TPSA) is 44.1 Å². The van der Waals surface area contributed by atoms with Crippen molar-refractivity contribution in [1.29, 1.82) is 0 Å². The van der Waals surface area contributed by atoms with Crippen LogP contribution in [0.2, 0.25) is 0 Å². The van der Waals surface area contributed by atoms with E-state index in [4.69, 9.17) is 4.74 Å². The summed E-state index contributed by atoms with van der Waals surface area (Å²) in [6.07, 6.45) is 4.54. The lowest BCUT2D eigenvalue weighted by Gasteiger charge is -2.12. The Balaban J connectivity index is 1.96. The first kappa shape index (κ1) is 20.4. The fraction of sp³-hybridized carbons (Fsp3) is 0.111. The highest BCUT2D eigenvalue weighted by atomic mass is 16.5. The normalized spacial score (nSPS) is 12.2. The summed E-state index contributed by atoms with van der Waals surface area (Å²) in [4.78, 5) is 17.8. The van der Waals surface area contributed by atoms with Crippen LogP contribution in [-0.4, -0.2) is 9.55 Å². The smallest absolute Gasteiger partial charge is 0.276 e. The fourth-order valence-corrected chi connectivity index (χ4v) is 3.38. The molecule has 4 nitrogen and oxygen atoms in total. The zero-order valence-corrected chi connectivity index (χ0v) is 17.7. The highest BCUT2D eigenvalue weighted by Crippen LogP contribution is 2.22. The van der Waals surface area contributed by atoms with Crippen molar-refractivity contribution in [3.63, 3.8) is 0 Å². The van der Waals surface area contributed by atoms with E-state index in [1.165, 1.54) is 0 Å². The van der Waals surface area contributed by atoms with Crippen molar-refractivity contribution in [2.75, 3.05) is 0 Å². The molecule has 3 aromatic carbocycles. The second kappa shape index (κ2) is 9.26. The van der Waals surface area contributed by atoms with E-state index in [9.17, 15) is 4.79 Å². The van der Waals surface area contributed by atoms with Crippen LogP contribution >= 0.6 is 0 Å². The third-order valence-electron chi connectivity index (χ3n) is 5.09. The molecule has 4 rings (SSSR count). The number of hydrogen-bond acceptors (Lipinski definition) is 3. The maximum atomic E-state index is 13.1. The van der Waals surface area contributed by atoms with Crippen molar-refractivity contribution >= 4 is 12.2 Å². The quantitative estimate of drug-likeness (QED) is 0.505. The Morgan fingerprint density at radius 2 is 1.42 bits per heavy atom. The van der Waals surface area contributed by atoms with Crippen molar-refractivity contribution in [3.8, 4) is 11.6 Å². The van der Waals surface area contributed by atoms with E-state index in [0.29, 0.717) is 16.6 Å². The molecule has 0 saturated carbocycles. The summed E-state index contributed by atoms with van der Waals surface area (Å²) in [7, 11) is 1.75. The van der Waals surface area contributed by atoms with Crippen molar-refractivity contribution in [3.05, 3.63) is 123 Å². The predicted octanol–water partition coefficient (Wildman–Crippen LogP) is 3.79. The summed E-state index contributed by atoms with van der Waals surface area (Å²) in [5.41, 5.74) is 2.78. The van der Waals surface area contributed by atoms with Crippen molar-refractivity contribution in [2.24, 2.45) is 7.05 Å². The van der Waals surface area contributed by atoms with E-state index in [0.717, 1.165) is 28.9 Å². The van der Waals surface area contributed by atoms with E-state index in [1.54, 1.807) is 17.7 Å². The molecule has 4 heteroatoms. The minimum atomic E-state index is -0.179. The van der Waals surface area contributed by atoms with Crippen molar-refractivity contribution in [2.45, 2.75) is 13.3 Å². The minimum Gasteiger partial charge on any atom is -0.437 e. The van der Waals surface area contributed by atoms with Gasteiger partial charge in [0.15, 0.2) is 0 Å². The van der Waals surface area contributed by atoms with Gasteiger partial charge < -0.3 is 9.30 Å². The SMILES string of the molecule is CCc1ccccc1Oc1n/c(=C\c2ccccc2)c(=O)n(C)/c1=C\c1ccccc1. The van der Waals surface area contributed by atoms with Crippen LogP contribution in [-0.2, 0) is 13.5 Å². The van der Waals surface area contributed by atoms with Gasteiger partial charge in [0, 0.05) is 7.05 Å². The Labute approximate surface area is 181 Å². The summed E-state index contributed by atoms with van der Waals surface area (Å²) in [5.74, 6) is 1.14. The highest BCUT2D eigenvalue weighted by molar-refractivity contribution is 5.51. The van der Waals surface area contributed by atoms with Gasteiger partial charge in [-0.3, -0.25) is 4.79 Å². The van der Waals surface area contributed by atoms with Gasteiger partial charge in [0.1, 0.15) is 16.4 Å². The number of nitrogens with zero attached hydrogens (tertiary/aromatic N) is 2. The first-order chi connectivity index (χ1) is 15.2. The van der Waals surface area contributed by atoms with Gasteiger partial charge in [-0.15, -0.1) is 0 Å². The Morgan fingerprint density at radius 1 is 0.839 bits per heavy atom. The zero-order valence-electron chi connectivity index (χ0n) is 17.7. The number of ether oxygens (including phenoxy) is 1. The Kier molecular flexibility index (Phi) is 6.08. The molecule has 0 saturated heterocycles. The molecular weight excluding hydrogens is 384 g/mol.